The van der Waals surface area contributed by atoms with Gasteiger partial charge in [-0.3, -0.25) is 5.10 Å². The molecule has 6 heterocycles. The second-order valence-electron chi connectivity index (χ2n) is 8.60. The van der Waals surface area contributed by atoms with Crippen molar-refractivity contribution in [3.63, 3.8) is 0 Å². The van der Waals surface area contributed by atoms with Crippen LogP contribution in [0.2, 0.25) is 0 Å². The Hall–Kier alpha value is -4.82. The maximum absolute atomic E-state index is 6.13. The fraction of sp³-hybridized carbons (Fsp3) is 0.0345. The number of thiophene rings is 1. The Balaban J connectivity index is 1.68. The number of furan rings is 1. The third-order valence-electron chi connectivity index (χ3n) is 6.52. The molecular weight excluding hydrogens is 480 g/mol. The van der Waals surface area contributed by atoms with Crippen molar-refractivity contribution in [2.24, 2.45) is 0 Å². The zero-order chi connectivity index (χ0) is 24.6. The van der Waals surface area contributed by atoms with Gasteiger partial charge in [-0.1, -0.05) is 24.3 Å². The van der Waals surface area contributed by atoms with E-state index in [9.17, 15) is 0 Å². The molecule has 7 rings (SSSR count). The van der Waals surface area contributed by atoms with Crippen molar-refractivity contribution < 1.29 is 4.42 Å². The number of rotatable bonds is 6. The van der Waals surface area contributed by atoms with Gasteiger partial charge in [-0.25, -0.2) is 4.98 Å². The monoisotopic (exact) mass is 502 g/mol. The van der Waals surface area contributed by atoms with E-state index in [2.05, 4.69) is 72.9 Å². The van der Waals surface area contributed by atoms with Crippen LogP contribution < -0.4 is 4.90 Å². The second-order valence-corrected chi connectivity index (χ2v) is 9.58. The third kappa shape index (κ3) is 3.57. The average Bonchev–Trinajstić information content (AvgIpc) is 3.79. The highest BCUT2D eigenvalue weighted by Gasteiger charge is 2.41. The Labute approximate surface area is 216 Å². The lowest BCUT2D eigenvalue weighted by molar-refractivity contribution is 0.547. The largest absolute Gasteiger partial charge is 0.465 e. The molecule has 1 aliphatic heterocycles. The molecule has 0 amide bonds. The van der Waals surface area contributed by atoms with Crippen molar-refractivity contribution in [3.8, 4) is 0 Å². The highest BCUT2D eigenvalue weighted by Crippen LogP contribution is 2.55. The third-order valence-corrected chi connectivity index (χ3v) is 7.45. The van der Waals surface area contributed by atoms with Gasteiger partial charge >= 0.3 is 0 Å². The van der Waals surface area contributed by atoms with Crippen LogP contribution in [0.25, 0.3) is 22.4 Å². The molecule has 8 heteroatoms. The minimum absolute atomic E-state index is 0.177. The number of nitrogens with one attached hydrogen (secondary N) is 3. The molecule has 0 fully saturated rings. The molecule has 1 atom stereocenters. The van der Waals surface area contributed by atoms with Gasteiger partial charge in [0.2, 0.25) is 0 Å². The number of aromatic amines is 3. The first-order chi connectivity index (χ1) is 18.4. The van der Waals surface area contributed by atoms with Gasteiger partial charge in [0.25, 0.3) is 0 Å². The maximum atomic E-state index is 6.13. The normalized spacial score (nSPS) is 16.1. The number of H-pyrrole nitrogens is 3. The van der Waals surface area contributed by atoms with Crippen molar-refractivity contribution in [3.05, 3.63) is 137 Å². The minimum Gasteiger partial charge on any atom is -0.465 e. The summed E-state index contributed by atoms with van der Waals surface area (Å²) in [6, 6.07) is 24.6. The van der Waals surface area contributed by atoms with Gasteiger partial charge in [-0.15, -0.1) is 11.3 Å². The molecule has 0 bridgehead atoms. The molecule has 180 valence electrons. The Morgan fingerprint density at radius 2 is 1.76 bits per heavy atom. The lowest BCUT2D eigenvalue weighted by atomic mass is 9.82. The quantitative estimate of drug-likeness (QED) is 0.232. The fourth-order valence-corrected chi connectivity index (χ4v) is 5.91. The molecule has 0 aliphatic carbocycles. The predicted octanol–water partition coefficient (Wildman–Crippen LogP) is 6.86. The van der Waals surface area contributed by atoms with Crippen LogP contribution in [-0.4, -0.2) is 25.1 Å². The van der Waals surface area contributed by atoms with Gasteiger partial charge in [-0.05, 0) is 53.9 Å². The molecule has 0 spiro atoms. The van der Waals surface area contributed by atoms with E-state index in [-0.39, 0.29) is 6.04 Å². The molecular formula is C29H22N6OS. The van der Waals surface area contributed by atoms with Gasteiger partial charge in [0.1, 0.15) is 11.6 Å². The van der Waals surface area contributed by atoms with E-state index in [0.717, 1.165) is 51.1 Å². The zero-order valence-electron chi connectivity index (χ0n) is 19.6. The van der Waals surface area contributed by atoms with E-state index in [1.165, 1.54) is 4.88 Å². The van der Waals surface area contributed by atoms with Crippen LogP contribution in [0, 0.1) is 0 Å². The Morgan fingerprint density at radius 1 is 0.811 bits per heavy atom. The number of nitrogens with zero attached hydrogens (tertiary/aromatic N) is 3. The van der Waals surface area contributed by atoms with Crippen LogP contribution in [0.15, 0.2) is 114 Å². The Morgan fingerprint density at radius 3 is 2.43 bits per heavy atom. The van der Waals surface area contributed by atoms with E-state index >= 15 is 0 Å². The molecule has 6 aromatic rings. The van der Waals surface area contributed by atoms with E-state index in [0.29, 0.717) is 0 Å². The van der Waals surface area contributed by atoms with Crippen molar-refractivity contribution in [2.45, 2.75) is 6.04 Å². The average molecular weight is 503 g/mol. The Bertz CT molecular complexity index is 1640. The number of hydrogen-bond donors (Lipinski definition) is 3. The van der Waals surface area contributed by atoms with Crippen LogP contribution in [0.4, 0.5) is 5.69 Å². The summed E-state index contributed by atoms with van der Waals surface area (Å²) < 4.78 is 6.13. The first kappa shape index (κ1) is 21.5. The minimum atomic E-state index is -0.177. The van der Waals surface area contributed by atoms with E-state index in [4.69, 9.17) is 9.40 Å². The second kappa shape index (κ2) is 9.00. The van der Waals surface area contributed by atoms with Gasteiger partial charge < -0.3 is 19.3 Å². The van der Waals surface area contributed by atoms with Crippen molar-refractivity contribution >= 4 is 39.4 Å². The first-order valence-corrected chi connectivity index (χ1v) is 12.8. The number of para-hydroxylation sites is 1. The number of hydrogen-bond acceptors (Lipinski definition) is 5. The predicted molar refractivity (Wildman–Crippen MR) is 146 cm³/mol. The van der Waals surface area contributed by atoms with Gasteiger partial charge in [0.05, 0.1) is 35.0 Å². The molecule has 1 unspecified atom stereocenters. The van der Waals surface area contributed by atoms with Crippen LogP contribution in [0.1, 0.15) is 33.9 Å². The molecule has 0 radical (unpaired) electrons. The standard InChI is InChI=1S/C29H22N6OS/c1-2-7-19(8-3-1)35-27(21-9-4-13-30-21)26(29-31-15-16-32-29)24(20-12-14-33-34-20)25(22-10-5-17-36-22)28(35)23-11-6-18-37-23/h1-18,28,30H,(H,31,32)(H,33,34). The Kier molecular flexibility index (Phi) is 5.22. The molecule has 7 nitrogen and oxygen atoms in total. The van der Waals surface area contributed by atoms with Crippen molar-refractivity contribution in [1.29, 1.82) is 0 Å². The summed E-state index contributed by atoms with van der Waals surface area (Å²) in [6.07, 6.45) is 9.09. The van der Waals surface area contributed by atoms with Crippen LogP contribution in [-0.2, 0) is 0 Å². The van der Waals surface area contributed by atoms with Crippen molar-refractivity contribution in [2.75, 3.05) is 4.90 Å². The van der Waals surface area contributed by atoms with Gasteiger partial charge in [-0.2, -0.15) is 5.10 Å². The van der Waals surface area contributed by atoms with E-state index in [1.807, 2.05) is 42.7 Å². The number of allylic oxidation sites excluding steroid dienone is 2. The number of imidazole rings is 1. The summed E-state index contributed by atoms with van der Waals surface area (Å²) in [7, 11) is 0. The summed E-state index contributed by atoms with van der Waals surface area (Å²) in [6.45, 7) is 0. The zero-order valence-corrected chi connectivity index (χ0v) is 20.4. The first-order valence-electron chi connectivity index (χ1n) is 11.9. The highest BCUT2D eigenvalue weighted by atomic mass is 32.1. The summed E-state index contributed by atoms with van der Waals surface area (Å²) >= 11 is 1.73. The summed E-state index contributed by atoms with van der Waals surface area (Å²) in [5, 5.41) is 9.67. The number of aromatic nitrogens is 5. The number of anilines is 1. The number of benzene rings is 1. The van der Waals surface area contributed by atoms with Crippen LogP contribution in [0.5, 0.6) is 0 Å². The van der Waals surface area contributed by atoms with Gasteiger partial charge in [0.15, 0.2) is 0 Å². The summed E-state index contributed by atoms with van der Waals surface area (Å²) in [5.41, 5.74) is 6.88. The maximum Gasteiger partial charge on any atom is 0.140 e. The molecule has 0 saturated heterocycles. The molecule has 5 aromatic heterocycles. The topological polar surface area (TPSA) is 89.5 Å². The molecule has 1 aromatic carbocycles. The molecule has 0 saturated carbocycles. The molecule has 3 N–H and O–H groups in total. The highest BCUT2D eigenvalue weighted by molar-refractivity contribution is 7.10. The molecule has 37 heavy (non-hydrogen) atoms. The smallest absolute Gasteiger partial charge is 0.140 e. The lowest BCUT2D eigenvalue weighted by Crippen LogP contribution is -2.33. The lowest BCUT2D eigenvalue weighted by Gasteiger charge is -2.41. The summed E-state index contributed by atoms with van der Waals surface area (Å²) in [4.78, 5) is 15.2. The summed E-state index contributed by atoms with van der Waals surface area (Å²) in [5.74, 6) is 1.54. The van der Waals surface area contributed by atoms with Gasteiger partial charge in [0, 0.05) is 46.5 Å². The SMILES string of the molecule is c1ccc(N2C(c3ccc[nH]3)=C(c3ncc[nH]3)C(c3ccn[nH]3)=C(c3ccco3)C2c2cccs2)cc1. The van der Waals surface area contributed by atoms with E-state index < -0.39 is 0 Å². The fourth-order valence-electron chi connectivity index (χ4n) is 5.09. The molecule has 1 aliphatic rings. The van der Waals surface area contributed by atoms with E-state index in [1.54, 1.807) is 30.0 Å². The van der Waals surface area contributed by atoms with Crippen LogP contribution >= 0.6 is 11.3 Å². The van der Waals surface area contributed by atoms with Crippen LogP contribution in [0.3, 0.4) is 0 Å². The van der Waals surface area contributed by atoms with Crippen molar-refractivity contribution in [1.82, 2.24) is 25.1 Å².